The van der Waals surface area contributed by atoms with Crippen LogP contribution in [0.5, 0.6) is 0 Å². The molecule has 2 amide bonds. The molecule has 1 aromatic heterocycles. The number of anilines is 1. The minimum Gasteiger partial charge on any atom is -0.398 e. The Hall–Kier alpha value is -2.14. The van der Waals surface area contributed by atoms with Gasteiger partial charge in [0.2, 0.25) is 0 Å². The Morgan fingerprint density at radius 2 is 1.90 bits per heavy atom. The molecule has 3 rings (SSSR count). The number of nitrogens with zero attached hydrogens (tertiary/aromatic N) is 1. The zero-order valence-electron chi connectivity index (χ0n) is 11.9. The van der Waals surface area contributed by atoms with Gasteiger partial charge in [-0.25, -0.2) is 0 Å². The second kappa shape index (κ2) is 4.70. The van der Waals surface area contributed by atoms with Crippen molar-refractivity contribution in [3.63, 3.8) is 0 Å². The van der Waals surface area contributed by atoms with Crippen molar-refractivity contribution in [2.75, 3.05) is 12.3 Å². The molecule has 2 heterocycles. The normalized spacial score (nSPS) is 14.7. The average molecular weight is 300 g/mol. The predicted molar refractivity (Wildman–Crippen MR) is 83.6 cm³/mol. The Labute approximate surface area is 127 Å². The van der Waals surface area contributed by atoms with Crippen LogP contribution >= 0.6 is 11.3 Å². The molecule has 0 radical (unpaired) electrons. The smallest absolute Gasteiger partial charge is 0.263 e. The molecule has 1 aromatic carbocycles. The zero-order valence-corrected chi connectivity index (χ0v) is 12.7. The summed E-state index contributed by atoms with van der Waals surface area (Å²) >= 11 is 1.63. The van der Waals surface area contributed by atoms with Crippen LogP contribution in [0.25, 0.3) is 0 Å². The maximum absolute atomic E-state index is 12.5. The van der Waals surface area contributed by atoms with E-state index in [0.717, 1.165) is 4.88 Å². The summed E-state index contributed by atoms with van der Waals surface area (Å²) in [6.07, 6.45) is 0. The lowest BCUT2D eigenvalue weighted by Crippen LogP contribution is -2.40. The number of carbonyl (C=O) groups is 2. The molecule has 0 saturated carbocycles. The average Bonchev–Trinajstić information content (AvgIpc) is 3.04. The number of fused-ring (bicyclic) bond motifs is 1. The Kier molecular flexibility index (Phi) is 3.10. The van der Waals surface area contributed by atoms with Gasteiger partial charge >= 0.3 is 0 Å². The molecule has 0 unspecified atom stereocenters. The molecule has 108 valence electrons. The fraction of sp³-hybridized carbons (Fsp3) is 0.250. The quantitative estimate of drug-likeness (QED) is 0.700. The highest BCUT2D eigenvalue weighted by atomic mass is 32.1. The summed E-state index contributed by atoms with van der Waals surface area (Å²) in [5.74, 6) is -0.551. The number of benzene rings is 1. The van der Waals surface area contributed by atoms with Gasteiger partial charge in [0.05, 0.1) is 11.1 Å². The molecule has 0 fully saturated rings. The molecule has 0 aliphatic carbocycles. The fourth-order valence-electron chi connectivity index (χ4n) is 2.64. The topological polar surface area (TPSA) is 63.4 Å². The number of nitrogens with two attached hydrogens (primary N) is 1. The van der Waals surface area contributed by atoms with Crippen LogP contribution in [-0.2, 0) is 5.41 Å². The van der Waals surface area contributed by atoms with Crippen molar-refractivity contribution in [1.82, 2.24) is 4.90 Å². The van der Waals surface area contributed by atoms with E-state index in [1.165, 1.54) is 4.90 Å². The second-order valence-electron chi connectivity index (χ2n) is 5.83. The van der Waals surface area contributed by atoms with Gasteiger partial charge in [0, 0.05) is 22.5 Å². The standard InChI is InChI=1S/C16H16N2O2S/c1-16(2,12-7-4-8-21-12)9-18-14(19)10-5-3-6-11(17)13(10)15(18)20/h3-8H,9,17H2,1-2H3. The number of hydrogen-bond donors (Lipinski definition) is 1. The first-order chi connectivity index (χ1) is 9.92. The highest BCUT2D eigenvalue weighted by Gasteiger charge is 2.40. The molecule has 1 aliphatic rings. The van der Waals surface area contributed by atoms with E-state index in [4.69, 9.17) is 5.73 Å². The number of imide groups is 1. The van der Waals surface area contributed by atoms with Crippen molar-refractivity contribution in [1.29, 1.82) is 0 Å². The lowest BCUT2D eigenvalue weighted by atomic mass is 9.91. The first-order valence-corrected chi connectivity index (χ1v) is 7.58. The van der Waals surface area contributed by atoms with Crippen molar-refractivity contribution < 1.29 is 9.59 Å². The Morgan fingerprint density at radius 1 is 1.14 bits per heavy atom. The summed E-state index contributed by atoms with van der Waals surface area (Å²) in [5, 5.41) is 2.00. The van der Waals surface area contributed by atoms with Crippen LogP contribution in [0.15, 0.2) is 35.7 Å². The zero-order chi connectivity index (χ0) is 15.2. The van der Waals surface area contributed by atoms with Gasteiger partial charge in [0.25, 0.3) is 11.8 Å². The van der Waals surface area contributed by atoms with Gasteiger partial charge in [0.1, 0.15) is 0 Å². The largest absolute Gasteiger partial charge is 0.398 e. The SMILES string of the molecule is CC(C)(CN1C(=O)c2cccc(N)c2C1=O)c1cccs1. The number of nitrogen functional groups attached to an aromatic ring is 1. The number of thiophene rings is 1. The van der Waals surface area contributed by atoms with E-state index in [1.807, 2.05) is 31.4 Å². The minimum absolute atomic E-state index is 0.257. The van der Waals surface area contributed by atoms with Gasteiger partial charge in [-0.3, -0.25) is 14.5 Å². The molecule has 1 aliphatic heterocycles. The van der Waals surface area contributed by atoms with Gasteiger partial charge in [-0.05, 0) is 23.6 Å². The van der Waals surface area contributed by atoms with Crippen LogP contribution in [-0.4, -0.2) is 23.3 Å². The molecule has 0 bridgehead atoms. The van der Waals surface area contributed by atoms with Crippen LogP contribution in [0.1, 0.15) is 39.4 Å². The van der Waals surface area contributed by atoms with E-state index in [0.29, 0.717) is 23.4 Å². The highest BCUT2D eigenvalue weighted by Crippen LogP contribution is 2.33. The van der Waals surface area contributed by atoms with Crippen molar-refractivity contribution in [2.45, 2.75) is 19.3 Å². The molecule has 0 atom stereocenters. The predicted octanol–water partition coefficient (Wildman–Crippen LogP) is 2.90. The van der Waals surface area contributed by atoms with Crippen LogP contribution in [0.3, 0.4) is 0 Å². The van der Waals surface area contributed by atoms with Crippen molar-refractivity contribution in [3.05, 3.63) is 51.7 Å². The van der Waals surface area contributed by atoms with Crippen LogP contribution in [0.2, 0.25) is 0 Å². The fourth-order valence-corrected chi connectivity index (χ4v) is 3.48. The van der Waals surface area contributed by atoms with Crippen LogP contribution < -0.4 is 5.73 Å². The molecule has 4 nitrogen and oxygen atoms in total. The number of amides is 2. The Morgan fingerprint density at radius 3 is 2.52 bits per heavy atom. The molecule has 5 heteroatoms. The maximum atomic E-state index is 12.5. The maximum Gasteiger partial charge on any atom is 0.263 e. The van der Waals surface area contributed by atoms with Gasteiger partial charge in [0.15, 0.2) is 0 Å². The van der Waals surface area contributed by atoms with Gasteiger partial charge < -0.3 is 5.73 Å². The van der Waals surface area contributed by atoms with Gasteiger partial charge in [-0.1, -0.05) is 26.0 Å². The summed E-state index contributed by atoms with van der Waals surface area (Å²) in [6, 6.07) is 9.01. The van der Waals surface area contributed by atoms with Gasteiger partial charge in [-0.2, -0.15) is 0 Å². The van der Waals surface area contributed by atoms with E-state index in [1.54, 1.807) is 29.5 Å². The molecule has 2 N–H and O–H groups in total. The molecular formula is C16H16N2O2S. The highest BCUT2D eigenvalue weighted by molar-refractivity contribution is 7.10. The number of rotatable bonds is 3. The van der Waals surface area contributed by atoms with E-state index in [-0.39, 0.29) is 17.2 Å². The van der Waals surface area contributed by atoms with Crippen molar-refractivity contribution in [2.24, 2.45) is 0 Å². The minimum atomic E-state index is -0.294. The summed E-state index contributed by atoms with van der Waals surface area (Å²) in [6.45, 7) is 4.41. The van der Waals surface area contributed by atoms with Crippen molar-refractivity contribution in [3.8, 4) is 0 Å². The van der Waals surface area contributed by atoms with E-state index >= 15 is 0 Å². The third-order valence-corrected chi connectivity index (χ3v) is 5.01. The first-order valence-electron chi connectivity index (χ1n) is 6.70. The van der Waals surface area contributed by atoms with E-state index in [9.17, 15) is 9.59 Å². The molecule has 2 aromatic rings. The molecule has 21 heavy (non-hydrogen) atoms. The Bertz CT molecular complexity index is 720. The number of carbonyl (C=O) groups excluding carboxylic acids is 2. The summed E-state index contributed by atoms with van der Waals surface area (Å²) in [7, 11) is 0. The Balaban J connectivity index is 1.94. The number of hydrogen-bond acceptors (Lipinski definition) is 4. The third kappa shape index (κ3) is 2.14. The summed E-state index contributed by atoms with van der Waals surface area (Å²) in [4.78, 5) is 27.4. The molecular weight excluding hydrogens is 284 g/mol. The van der Waals surface area contributed by atoms with Gasteiger partial charge in [-0.15, -0.1) is 11.3 Å². The summed E-state index contributed by atoms with van der Waals surface area (Å²) in [5.41, 5.74) is 6.67. The lowest BCUT2D eigenvalue weighted by Gasteiger charge is -2.28. The third-order valence-electron chi connectivity index (χ3n) is 3.77. The van der Waals surface area contributed by atoms with Crippen LogP contribution in [0, 0.1) is 0 Å². The molecule has 0 spiro atoms. The summed E-state index contributed by atoms with van der Waals surface area (Å²) < 4.78 is 0. The molecule has 0 saturated heterocycles. The lowest BCUT2D eigenvalue weighted by molar-refractivity contribution is 0.0625. The first kappa shape index (κ1) is 13.8. The van der Waals surface area contributed by atoms with Crippen LogP contribution in [0.4, 0.5) is 5.69 Å². The monoisotopic (exact) mass is 300 g/mol. The van der Waals surface area contributed by atoms with E-state index in [2.05, 4.69) is 0 Å². The van der Waals surface area contributed by atoms with Crippen molar-refractivity contribution >= 4 is 28.8 Å². The second-order valence-corrected chi connectivity index (χ2v) is 6.78. The van der Waals surface area contributed by atoms with E-state index < -0.39 is 0 Å².